The van der Waals surface area contributed by atoms with Crippen LogP contribution in [-0.2, 0) is 0 Å². The maximum absolute atomic E-state index is 6.17. The molecule has 7 aromatic carbocycles. The molecule has 0 aliphatic heterocycles. The summed E-state index contributed by atoms with van der Waals surface area (Å²) in [7, 11) is 0. The number of fused-ring (bicyclic) bond motifs is 10. The minimum absolute atomic E-state index is 0.898. The minimum Gasteiger partial charge on any atom is -0.456 e. The van der Waals surface area contributed by atoms with Crippen LogP contribution in [0.2, 0.25) is 0 Å². The third-order valence-corrected chi connectivity index (χ3v) is 13.1. The second kappa shape index (κ2) is 10.1. The van der Waals surface area contributed by atoms with E-state index in [-0.39, 0.29) is 0 Å². The van der Waals surface area contributed by atoms with Crippen LogP contribution in [0.4, 0.5) is 0 Å². The van der Waals surface area contributed by atoms with E-state index in [4.69, 9.17) is 9.40 Å². The van der Waals surface area contributed by atoms with Crippen molar-refractivity contribution in [3.05, 3.63) is 140 Å². The fourth-order valence-corrected chi connectivity index (χ4v) is 10.9. The first kappa shape index (κ1) is 26.7. The standard InChI is InChI=1S/C43H23NOS3/c1-4-16-35-25(9-1)34-23-24(19-22-36(34)45-35)43-44-39-28(31-14-7-12-29-26-10-2-5-17-37(26)46-40(29)31)20-21-33(42(39)48-43)32-15-8-13-30-27-11-3-6-18-38(27)47-41(30)32/h1-23H. The van der Waals surface area contributed by atoms with Crippen molar-refractivity contribution in [1.29, 1.82) is 0 Å². The van der Waals surface area contributed by atoms with Gasteiger partial charge in [0.1, 0.15) is 16.2 Å². The van der Waals surface area contributed by atoms with Gasteiger partial charge in [-0.15, -0.1) is 34.0 Å². The van der Waals surface area contributed by atoms with E-state index in [1.54, 1.807) is 11.3 Å². The molecule has 11 rings (SSSR count). The zero-order valence-corrected chi connectivity index (χ0v) is 27.8. The van der Waals surface area contributed by atoms with Gasteiger partial charge >= 0.3 is 0 Å². The van der Waals surface area contributed by atoms with Crippen LogP contribution in [0.1, 0.15) is 0 Å². The van der Waals surface area contributed by atoms with E-state index in [0.29, 0.717) is 0 Å². The second-order valence-electron chi connectivity index (χ2n) is 12.2. The monoisotopic (exact) mass is 665 g/mol. The number of aromatic nitrogens is 1. The highest BCUT2D eigenvalue weighted by Gasteiger charge is 2.21. The molecule has 0 saturated heterocycles. The molecule has 5 heteroatoms. The Bertz CT molecular complexity index is 2930. The van der Waals surface area contributed by atoms with Crippen molar-refractivity contribution in [3.8, 4) is 32.8 Å². The Morgan fingerprint density at radius 1 is 0.396 bits per heavy atom. The Kier molecular flexibility index (Phi) is 5.61. The van der Waals surface area contributed by atoms with Gasteiger partial charge < -0.3 is 4.42 Å². The molecule has 48 heavy (non-hydrogen) atoms. The summed E-state index contributed by atoms with van der Waals surface area (Å²) in [6.45, 7) is 0. The number of rotatable bonds is 3. The molecule has 0 spiro atoms. The van der Waals surface area contributed by atoms with Gasteiger partial charge in [0, 0.05) is 78.9 Å². The van der Waals surface area contributed by atoms with Gasteiger partial charge in [-0.25, -0.2) is 4.98 Å². The third kappa shape index (κ3) is 3.81. The summed E-state index contributed by atoms with van der Waals surface area (Å²) >= 11 is 5.54. The maximum Gasteiger partial charge on any atom is 0.135 e. The zero-order valence-electron chi connectivity index (χ0n) is 25.4. The largest absolute Gasteiger partial charge is 0.456 e. The Morgan fingerprint density at radius 3 is 1.69 bits per heavy atom. The van der Waals surface area contributed by atoms with Crippen LogP contribution in [0.25, 0.3) is 105 Å². The average molecular weight is 666 g/mol. The molecule has 2 nitrogen and oxygen atoms in total. The lowest BCUT2D eigenvalue weighted by molar-refractivity contribution is 0.669. The van der Waals surface area contributed by atoms with Gasteiger partial charge in [0.15, 0.2) is 0 Å². The number of nitrogens with zero attached hydrogens (tertiary/aromatic N) is 1. The predicted molar refractivity (Wildman–Crippen MR) is 209 cm³/mol. The summed E-state index contributed by atoms with van der Waals surface area (Å²) < 4.78 is 12.6. The van der Waals surface area contributed by atoms with Gasteiger partial charge in [-0.2, -0.15) is 0 Å². The molecular formula is C43H23NOS3. The highest BCUT2D eigenvalue weighted by molar-refractivity contribution is 7.27. The molecule has 0 fully saturated rings. The molecule has 4 heterocycles. The number of thiazole rings is 1. The topological polar surface area (TPSA) is 26.0 Å². The zero-order chi connectivity index (χ0) is 31.3. The first-order chi connectivity index (χ1) is 23.8. The van der Waals surface area contributed by atoms with Gasteiger partial charge in [0.2, 0.25) is 0 Å². The van der Waals surface area contributed by atoms with Crippen molar-refractivity contribution in [2.24, 2.45) is 0 Å². The van der Waals surface area contributed by atoms with E-state index < -0.39 is 0 Å². The van der Waals surface area contributed by atoms with Crippen LogP contribution >= 0.6 is 34.0 Å². The number of hydrogen-bond acceptors (Lipinski definition) is 5. The summed E-state index contributed by atoms with van der Waals surface area (Å²) in [4.78, 5) is 5.50. The van der Waals surface area contributed by atoms with Gasteiger partial charge in [-0.05, 0) is 36.4 Å². The van der Waals surface area contributed by atoms with E-state index in [2.05, 4.69) is 127 Å². The Balaban J connectivity index is 1.20. The summed E-state index contributed by atoms with van der Waals surface area (Å²) in [5.41, 5.74) is 8.86. The van der Waals surface area contributed by atoms with Crippen LogP contribution < -0.4 is 0 Å². The molecule has 0 amide bonds. The van der Waals surface area contributed by atoms with Crippen molar-refractivity contribution in [3.63, 3.8) is 0 Å². The van der Waals surface area contributed by atoms with Gasteiger partial charge in [-0.3, -0.25) is 0 Å². The van der Waals surface area contributed by atoms with Crippen molar-refractivity contribution >= 4 is 107 Å². The van der Waals surface area contributed by atoms with E-state index in [1.807, 2.05) is 34.8 Å². The number of furan rings is 1. The lowest BCUT2D eigenvalue weighted by Crippen LogP contribution is -1.85. The molecule has 4 aromatic heterocycles. The molecule has 0 radical (unpaired) electrons. The fourth-order valence-electron chi connectivity index (χ4n) is 7.34. The first-order valence-electron chi connectivity index (χ1n) is 15.9. The lowest BCUT2D eigenvalue weighted by Gasteiger charge is -2.10. The summed E-state index contributed by atoms with van der Waals surface area (Å²) in [6.07, 6.45) is 0. The van der Waals surface area contributed by atoms with Crippen molar-refractivity contribution in [2.45, 2.75) is 0 Å². The first-order valence-corrected chi connectivity index (χ1v) is 18.4. The van der Waals surface area contributed by atoms with Gasteiger partial charge in [0.05, 0.1) is 10.2 Å². The lowest BCUT2D eigenvalue weighted by atomic mass is 9.97. The highest BCUT2D eigenvalue weighted by atomic mass is 32.1. The van der Waals surface area contributed by atoms with Crippen LogP contribution in [0.15, 0.2) is 144 Å². The number of thiophene rings is 2. The van der Waals surface area contributed by atoms with E-state index in [0.717, 1.165) is 38.0 Å². The molecule has 11 aromatic rings. The van der Waals surface area contributed by atoms with Crippen molar-refractivity contribution in [1.82, 2.24) is 4.98 Å². The number of hydrogen-bond donors (Lipinski definition) is 0. The van der Waals surface area contributed by atoms with Crippen LogP contribution in [-0.4, -0.2) is 4.98 Å². The smallest absolute Gasteiger partial charge is 0.135 e. The highest BCUT2D eigenvalue weighted by Crippen LogP contribution is 2.48. The third-order valence-electron chi connectivity index (χ3n) is 9.56. The quantitative estimate of drug-likeness (QED) is 0.188. The summed E-state index contributed by atoms with van der Waals surface area (Å²) in [5.74, 6) is 0. The molecule has 0 unspecified atom stereocenters. The molecule has 0 N–H and O–H groups in total. The molecule has 0 aliphatic rings. The van der Waals surface area contributed by atoms with E-state index in [1.165, 1.54) is 67.3 Å². The maximum atomic E-state index is 6.17. The van der Waals surface area contributed by atoms with Crippen LogP contribution in [0.5, 0.6) is 0 Å². The molecule has 224 valence electrons. The van der Waals surface area contributed by atoms with Crippen molar-refractivity contribution in [2.75, 3.05) is 0 Å². The van der Waals surface area contributed by atoms with Gasteiger partial charge in [0.25, 0.3) is 0 Å². The summed E-state index contributed by atoms with van der Waals surface area (Å²) in [6, 6.07) is 50.3. The molecule has 0 atom stereocenters. The molecular weight excluding hydrogens is 643 g/mol. The van der Waals surface area contributed by atoms with Gasteiger partial charge in [-0.1, -0.05) is 103 Å². The normalized spacial score (nSPS) is 12.2. The molecule has 0 bridgehead atoms. The minimum atomic E-state index is 0.898. The van der Waals surface area contributed by atoms with E-state index >= 15 is 0 Å². The SMILES string of the molecule is c1ccc2c(c1)oc1ccc(-c3nc4c(-c5cccc6c5sc5ccccc56)ccc(-c5cccc6c5sc5ccccc56)c4s3)cc12. The Labute approximate surface area is 286 Å². The fraction of sp³-hybridized carbons (Fsp3) is 0. The Hall–Kier alpha value is -5.33. The van der Waals surface area contributed by atoms with Crippen LogP contribution in [0.3, 0.4) is 0 Å². The average Bonchev–Trinajstić information content (AvgIpc) is 3.92. The predicted octanol–water partition coefficient (Wildman–Crippen LogP) is 13.9. The van der Waals surface area contributed by atoms with Crippen LogP contribution in [0, 0.1) is 0 Å². The second-order valence-corrected chi connectivity index (χ2v) is 15.3. The Morgan fingerprint density at radius 2 is 0.958 bits per heavy atom. The number of para-hydroxylation sites is 1. The number of benzene rings is 7. The molecule has 0 aliphatic carbocycles. The van der Waals surface area contributed by atoms with Crippen molar-refractivity contribution < 1.29 is 4.42 Å². The van der Waals surface area contributed by atoms with E-state index in [9.17, 15) is 0 Å². The summed E-state index contributed by atoms with van der Waals surface area (Å²) in [5, 5.41) is 8.49. The molecule has 0 saturated carbocycles.